The van der Waals surface area contributed by atoms with E-state index in [4.69, 9.17) is 4.74 Å². The molecule has 3 aromatic carbocycles. The van der Waals surface area contributed by atoms with Gasteiger partial charge < -0.3 is 4.74 Å². The zero-order valence-electron chi connectivity index (χ0n) is 23.6. The van der Waals surface area contributed by atoms with E-state index in [1.54, 1.807) is 4.90 Å². The van der Waals surface area contributed by atoms with Crippen LogP contribution >= 0.6 is 0 Å². The van der Waals surface area contributed by atoms with Gasteiger partial charge in [-0.2, -0.15) is 0 Å². The third-order valence-electron chi connectivity index (χ3n) is 7.61. The Labute approximate surface area is 233 Å². The second kappa shape index (κ2) is 10.9. The highest BCUT2D eigenvalue weighted by atomic mass is 28.3. The van der Waals surface area contributed by atoms with Crippen LogP contribution in [0.2, 0.25) is 19.6 Å². The fraction of sp³-hybridized carbons (Fsp3) is 0.303. The molecule has 6 heteroatoms. The van der Waals surface area contributed by atoms with E-state index in [0.29, 0.717) is 0 Å². The molecule has 0 spiro atoms. The first kappa shape index (κ1) is 27.0. The summed E-state index contributed by atoms with van der Waals surface area (Å²) in [6.07, 6.45) is 1.48. The summed E-state index contributed by atoms with van der Waals surface area (Å²) in [5, 5.41) is 0. The lowest BCUT2D eigenvalue weighted by atomic mass is 9.86. The van der Waals surface area contributed by atoms with Crippen molar-refractivity contribution >= 4 is 19.9 Å². The van der Waals surface area contributed by atoms with Gasteiger partial charge in [0, 0.05) is 6.20 Å². The quantitative estimate of drug-likeness (QED) is 0.273. The highest BCUT2D eigenvalue weighted by Gasteiger charge is 2.48. The van der Waals surface area contributed by atoms with E-state index in [1.165, 1.54) is 18.2 Å². The van der Waals surface area contributed by atoms with E-state index in [-0.39, 0.29) is 24.2 Å². The summed E-state index contributed by atoms with van der Waals surface area (Å²) in [7, 11) is 4.14. The van der Waals surface area contributed by atoms with Gasteiger partial charge in [0.05, 0.1) is 37.0 Å². The maximum absolute atomic E-state index is 13.1. The van der Waals surface area contributed by atoms with E-state index in [0.717, 1.165) is 16.8 Å². The van der Waals surface area contributed by atoms with E-state index >= 15 is 0 Å². The van der Waals surface area contributed by atoms with Crippen molar-refractivity contribution in [2.24, 2.45) is 0 Å². The van der Waals surface area contributed by atoms with Crippen LogP contribution in [-0.2, 0) is 4.74 Å². The molecule has 5 nitrogen and oxygen atoms in total. The van der Waals surface area contributed by atoms with Crippen LogP contribution < -0.4 is 4.90 Å². The number of carbonyl (C=O) groups is 1. The number of nitrogens with zero attached hydrogens (tertiary/aromatic N) is 3. The maximum atomic E-state index is 13.1. The number of benzene rings is 3. The first-order chi connectivity index (χ1) is 18.7. The molecule has 5 rings (SSSR count). The molecule has 0 radical (unpaired) electrons. The number of methoxy groups -OCH3 is 1. The molecule has 0 saturated carbocycles. The van der Waals surface area contributed by atoms with Gasteiger partial charge in [-0.05, 0) is 42.4 Å². The second-order valence-corrected chi connectivity index (χ2v) is 16.1. The summed E-state index contributed by atoms with van der Waals surface area (Å²) in [4.78, 5) is 19.6. The lowest BCUT2D eigenvalue weighted by Gasteiger charge is -2.37. The van der Waals surface area contributed by atoms with Gasteiger partial charge in [0.2, 0.25) is 0 Å². The minimum atomic E-state index is -1.66. The number of amides is 1. The van der Waals surface area contributed by atoms with Crippen LogP contribution in [0, 0.1) is 11.5 Å². The molecule has 39 heavy (non-hydrogen) atoms. The van der Waals surface area contributed by atoms with E-state index in [1.807, 2.05) is 24.4 Å². The van der Waals surface area contributed by atoms with E-state index in [9.17, 15) is 4.79 Å². The van der Waals surface area contributed by atoms with Crippen LogP contribution in [0.4, 0.5) is 10.5 Å². The molecular formula is C33H37N3O2Si. The Morgan fingerprint density at radius 2 is 1.31 bits per heavy atom. The van der Waals surface area contributed by atoms with Crippen LogP contribution in [0.15, 0.2) is 96.7 Å². The molecule has 3 atom stereocenters. The van der Waals surface area contributed by atoms with Gasteiger partial charge in [-0.25, -0.2) is 4.79 Å². The lowest BCUT2D eigenvalue weighted by molar-refractivity contribution is 0.178. The summed E-state index contributed by atoms with van der Waals surface area (Å²) in [5.41, 5.74) is 9.09. The number of para-hydroxylation sites is 1. The smallest absolute Gasteiger partial charge is 0.418 e. The maximum Gasteiger partial charge on any atom is 0.418 e. The Morgan fingerprint density at radius 3 is 1.82 bits per heavy atom. The fourth-order valence-corrected chi connectivity index (χ4v) is 6.56. The van der Waals surface area contributed by atoms with Gasteiger partial charge in [0.15, 0.2) is 0 Å². The summed E-state index contributed by atoms with van der Waals surface area (Å²) >= 11 is 0. The summed E-state index contributed by atoms with van der Waals surface area (Å²) in [5.74, 6) is 3.54. The van der Waals surface area contributed by atoms with Gasteiger partial charge in [0.25, 0.3) is 0 Å². The second-order valence-electron chi connectivity index (χ2n) is 11.4. The number of likely N-dealkylation sites (N-methyl/N-ethyl adjacent to an activating group) is 2. The number of rotatable bonds is 3. The largest absolute Gasteiger partial charge is 0.452 e. The zero-order valence-corrected chi connectivity index (χ0v) is 24.6. The molecule has 0 bridgehead atoms. The van der Waals surface area contributed by atoms with Crippen molar-refractivity contribution in [3.8, 4) is 11.5 Å². The van der Waals surface area contributed by atoms with Crippen LogP contribution in [0.25, 0.3) is 0 Å². The number of hydrogen-bond acceptors (Lipinski definition) is 4. The molecule has 2 aliphatic rings. The molecule has 1 amide bonds. The average Bonchev–Trinajstić information content (AvgIpc) is 3.20. The SMILES string of the molecule is COC(=O)N1C=C(C2N(C)[C@@H](c3ccccc3)[C@H](c3ccccc3)N2C)[C@@H](C#C[Si](C)(C)C)c2ccccc21. The van der Waals surface area contributed by atoms with Crippen molar-refractivity contribution < 1.29 is 9.53 Å². The fourth-order valence-electron chi connectivity index (χ4n) is 5.98. The monoisotopic (exact) mass is 535 g/mol. The van der Waals surface area contributed by atoms with Crippen LogP contribution in [-0.4, -0.2) is 51.3 Å². The zero-order chi connectivity index (χ0) is 27.7. The predicted octanol–water partition coefficient (Wildman–Crippen LogP) is 6.81. The molecule has 0 aliphatic carbocycles. The molecular weight excluding hydrogens is 498 g/mol. The van der Waals surface area contributed by atoms with Gasteiger partial charge >= 0.3 is 6.09 Å². The molecule has 2 heterocycles. The topological polar surface area (TPSA) is 36.0 Å². The molecule has 1 saturated heterocycles. The number of ether oxygens (including phenoxy) is 1. The third-order valence-corrected chi connectivity index (χ3v) is 8.50. The van der Waals surface area contributed by atoms with Crippen LogP contribution in [0.5, 0.6) is 0 Å². The minimum absolute atomic E-state index is 0.0955. The average molecular weight is 536 g/mol. The van der Waals surface area contributed by atoms with Gasteiger partial charge in [-0.15, -0.1) is 5.54 Å². The molecule has 0 aromatic heterocycles. The standard InChI is InChI=1S/C33H37N3O2Si/c1-34-30(24-15-9-7-10-16-24)31(25-17-11-8-12-18-25)35(2)32(34)28-23-36(33(37)38-3)29-20-14-13-19-27(29)26(28)21-22-39(4,5)6/h7-20,23,26,30-32H,1-6H3/t26-,30-,31-/m0/s1. The van der Waals surface area contributed by atoms with Crippen molar-refractivity contribution in [3.05, 3.63) is 113 Å². The first-order valence-electron chi connectivity index (χ1n) is 13.5. The molecule has 200 valence electrons. The molecule has 1 fully saturated rings. The van der Waals surface area contributed by atoms with Crippen molar-refractivity contribution in [1.29, 1.82) is 0 Å². The summed E-state index contributed by atoms with van der Waals surface area (Å²) < 4.78 is 5.23. The Balaban J connectivity index is 1.70. The van der Waals surface area contributed by atoms with Crippen molar-refractivity contribution in [3.63, 3.8) is 0 Å². The summed E-state index contributed by atoms with van der Waals surface area (Å²) in [6.45, 7) is 6.80. The van der Waals surface area contributed by atoms with Gasteiger partial charge in [-0.1, -0.05) is 104 Å². The highest BCUT2D eigenvalue weighted by molar-refractivity contribution is 6.83. The normalized spacial score (nSPS) is 22.1. The molecule has 0 unspecified atom stereocenters. The molecule has 2 aliphatic heterocycles. The Hall–Kier alpha value is -3.63. The van der Waals surface area contributed by atoms with Crippen molar-refractivity contribution in [2.45, 2.75) is 43.8 Å². The van der Waals surface area contributed by atoms with Gasteiger partial charge in [0.1, 0.15) is 8.07 Å². The lowest BCUT2D eigenvalue weighted by Crippen LogP contribution is -2.42. The van der Waals surface area contributed by atoms with Crippen molar-refractivity contribution in [1.82, 2.24) is 9.80 Å². The number of hydrogen-bond donors (Lipinski definition) is 0. The van der Waals surface area contributed by atoms with E-state index in [2.05, 4.69) is 122 Å². The number of carbonyl (C=O) groups excluding carboxylic acids is 1. The highest BCUT2D eigenvalue weighted by Crippen LogP contribution is 2.50. The minimum Gasteiger partial charge on any atom is -0.452 e. The Kier molecular flexibility index (Phi) is 7.50. The number of anilines is 1. The van der Waals surface area contributed by atoms with Crippen molar-refractivity contribution in [2.75, 3.05) is 26.1 Å². The number of fused-ring (bicyclic) bond motifs is 1. The first-order valence-corrected chi connectivity index (χ1v) is 17.0. The van der Waals surface area contributed by atoms with Crippen LogP contribution in [0.3, 0.4) is 0 Å². The Bertz CT molecular complexity index is 1370. The Morgan fingerprint density at radius 1 is 0.795 bits per heavy atom. The molecule has 0 N–H and O–H groups in total. The summed E-state index contributed by atoms with van der Waals surface area (Å²) in [6, 6.07) is 29.7. The third kappa shape index (κ3) is 5.18. The predicted molar refractivity (Wildman–Crippen MR) is 161 cm³/mol. The van der Waals surface area contributed by atoms with Crippen LogP contribution in [0.1, 0.15) is 34.7 Å². The van der Waals surface area contributed by atoms with E-state index < -0.39 is 14.2 Å². The molecule has 3 aromatic rings. The van der Waals surface area contributed by atoms with Gasteiger partial charge in [-0.3, -0.25) is 14.7 Å².